The van der Waals surface area contributed by atoms with E-state index in [-0.39, 0.29) is 5.41 Å². The molecule has 0 unspecified atom stereocenters. The molecule has 1 aromatic carbocycles. The van der Waals surface area contributed by atoms with Crippen molar-refractivity contribution in [3.05, 3.63) is 41.0 Å². The molecular formula is C17H24. The molecule has 0 saturated heterocycles. The summed E-state index contributed by atoms with van der Waals surface area (Å²) in [5.74, 6) is 0. The van der Waals surface area contributed by atoms with Crippen molar-refractivity contribution in [1.29, 1.82) is 0 Å². The molecule has 0 bridgehead atoms. The highest BCUT2D eigenvalue weighted by Gasteiger charge is 2.24. The van der Waals surface area contributed by atoms with E-state index in [9.17, 15) is 0 Å². The van der Waals surface area contributed by atoms with Crippen LogP contribution in [0.4, 0.5) is 0 Å². The highest BCUT2D eigenvalue weighted by molar-refractivity contribution is 5.70. The summed E-state index contributed by atoms with van der Waals surface area (Å²) in [4.78, 5) is 0. The maximum Gasteiger partial charge on any atom is -0.0128 e. The van der Waals surface area contributed by atoms with E-state index in [1.54, 1.807) is 0 Å². The molecule has 0 atom stereocenters. The van der Waals surface area contributed by atoms with Crippen LogP contribution in [0.5, 0.6) is 0 Å². The molecule has 0 fully saturated rings. The minimum absolute atomic E-state index is 0.238. The summed E-state index contributed by atoms with van der Waals surface area (Å²) in [6.45, 7) is 13.7. The fraction of sp³-hybridized carbons (Fsp3) is 0.529. The van der Waals surface area contributed by atoms with Gasteiger partial charge < -0.3 is 0 Å². The standard InChI is InChI=1S/C17H24/c1-12-10-17(5,6)11-13-7-8-14(9-15(12)13)16(2,3)4/h7-10H,11H2,1-6H3. The molecule has 0 aliphatic heterocycles. The summed E-state index contributed by atoms with van der Waals surface area (Å²) in [6.07, 6.45) is 3.58. The maximum atomic E-state index is 2.42. The van der Waals surface area contributed by atoms with Crippen LogP contribution in [0.15, 0.2) is 24.3 Å². The van der Waals surface area contributed by atoms with E-state index in [0.29, 0.717) is 5.41 Å². The van der Waals surface area contributed by atoms with Gasteiger partial charge in [-0.2, -0.15) is 0 Å². The molecule has 1 aliphatic rings. The molecule has 17 heavy (non-hydrogen) atoms. The van der Waals surface area contributed by atoms with Crippen LogP contribution in [0.25, 0.3) is 5.57 Å². The summed E-state index contributed by atoms with van der Waals surface area (Å²) in [5.41, 5.74) is 6.37. The second-order valence-corrected chi connectivity index (χ2v) is 7.11. The first-order valence-corrected chi connectivity index (χ1v) is 6.52. The predicted molar refractivity (Wildman–Crippen MR) is 76.3 cm³/mol. The third kappa shape index (κ3) is 2.46. The van der Waals surface area contributed by atoms with Crippen LogP contribution in [0.1, 0.15) is 58.2 Å². The number of benzene rings is 1. The number of fused-ring (bicyclic) bond motifs is 1. The summed E-state index contributed by atoms with van der Waals surface area (Å²) < 4.78 is 0. The monoisotopic (exact) mass is 228 g/mol. The molecule has 0 aromatic heterocycles. The second-order valence-electron chi connectivity index (χ2n) is 7.11. The fourth-order valence-electron chi connectivity index (χ4n) is 2.77. The van der Waals surface area contributed by atoms with Gasteiger partial charge in [0.1, 0.15) is 0 Å². The van der Waals surface area contributed by atoms with Crippen molar-refractivity contribution in [3.8, 4) is 0 Å². The van der Waals surface area contributed by atoms with Gasteiger partial charge in [-0.15, -0.1) is 0 Å². The van der Waals surface area contributed by atoms with Crippen molar-refractivity contribution < 1.29 is 0 Å². The van der Waals surface area contributed by atoms with Crippen LogP contribution in [0.3, 0.4) is 0 Å². The molecule has 0 spiro atoms. The largest absolute Gasteiger partial charge is 0.0750 e. The SMILES string of the molecule is CC1=CC(C)(C)Cc2ccc(C(C)(C)C)cc21. The molecule has 92 valence electrons. The van der Waals surface area contributed by atoms with E-state index in [0.717, 1.165) is 6.42 Å². The van der Waals surface area contributed by atoms with Gasteiger partial charge in [0, 0.05) is 0 Å². The molecule has 0 saturated carbocycles. The lowest BCUT2D eigenvalue weighted by Gasteiger charge is -2.30. The molecule has 0 heterocycles. The third-order valence-corrected chi connectivity index (χ3v) is 3.65. The Bertz CT molecular complexity index is 467. The van der Waals surface area contributed by atoms with Crippen molar-refractivity contribution in [2.45, 2.75) is 53.4 Å². The Labute approximate surface area is 106 Å². The summed E-state index contributed by atoms with van der Waals surface area (Å²) in [7, 11) is 0. The van der Waals surface area contributed by atoms with Gasteiger partial charge >= 0.3 is 0 Å². The Morgan fingerprint density at radius 3 is 2.35 bits per heavy atom. The lowest BCUT2D eigenvalue weighted by molar-refractivity contribution is 0.472. The Morgan fingerprint density at radius 1 is 1.12 bits per heavy atom. The lowest BCUT2D eigenvalue weighted by Crippen LogP contribution is -2.19. The fourth-order valence-corrected chi connectivity index (χ4v) is 2.77. The summed E-state index contributed by atoms with van der Waals surface area (Å²) in [6, 6.07) is 7.01. The molecule has 0 nitrogen and oxygen atoms in total. The van der Waals surface area contributed by atoms with Gasteiger partial charge in [-0.3, -0.25) is 0 Å². The van der Waals surface area contributed by atoms with E-state index in [4.69, 9.17) is 0 Å². The van der Waals surface area contributed by atoms with Gasteiger partial charge in [-0.25, -0.2) is 0 Å². The summed E-state index contributed by atoms with van der Waals surface area (Å²) in [5, 5.41) is 0. The van der Waals surface area contributed by atoms with E-state index in [1.807, 2.05) is 0 Å². The Hall–Kier alpha value is -1.04. The van der Waals surface area contributed by atoms with Crippen LogP contribution < -0.4 is 0 Å². The van der Waals surface area contributed by atoms with Crippen LogP contribution in [-0.2, 0) is 11.8 Å². The van der Waals surface area contributed by atoms with E-state index in [1.165, 1.54) is 22.3 Å². The first kappa shape index (κ1) is 12.4. The van der Waals surface area contributed by atoms with Gasteiger partial charge in [0.2, 0.25) is 0 Å². The Balaban J connectivity index is 2.52. The number of allylic oxidation sites excluding steroid dienone is 2. The molecule has 0 amide bonds. The van der Waals surface area contributed by atoms with E-state index >= 15 is 0 Å². The highest BCUT2D eigenvalue weighted by Crippen LogP contribution is 2.38. The zero-order chi connectivity index (χ0) is 12.8. The first-order valence-electron chi connectivity index (χ1n) is 6.52. The average Bonchev–Trinajstić information content (AvgIpc) is 2.13. The van der Waals surface area contributed by atoms with Crippen LogP contribution in [-0.4, -0.2) is 0 Å². The quantitative estimate of drug-likeness (QED) is 0.588. The number of hydrogen-bond acceptors (Lipinski definition) is 0. The average molecular weight is 228 g/mol. The molecule has 1 aliphatic carbocycles. The van der Waals surface area contributed by atoms with Gasteiger partial charge in [0.15, 0.2) is 0 Å². The normalized spacial score (nSPS) is 18.6. The zero-order valence-electron chi connectivity index (χ0n) is 12.0. The van der Waals surface area contributed by atoms with Crippen LogP contribution >= 0.6 is 0 Å². The van der Waals surface area contributed by atoms with Crippen molar-refractivity contribution in [2.24, 2.45) is 5.41 Å². The third-order valence-electron chi connectivity index (χ3n) is 3.65. The predicted octanol–water partition coefficient (Wildman–Crippen LogP) is 4.97. The molecule has 1 aromatic rings. The minimum Gasteiger partial charge on any atom is -0.0750 e. The molecule has 0 heteroatoms. The van der Waals surface area contributed by atoms with Crippen molar-refractivity contribution in [2.75, 3.05) is 0 Å². The van der Waals surface area contributed by atoms with Gasteiger partial charge in [-0.1, -0.05) is 58.9 Å². The van der Waals surface area contributed by atoms with E-state index in [2.05, 4.69) is 65.8 Å². The molecule has 0 radical (unpaired) electrons. The number of rotatable bonds is 0. The topological polar surface area (TPSA) is 0 Å². The van der Waals surface area contributed by atoms with Crippen molar-refractivity contribution >= 4 is 5.57 Å². The van der Waals surface area contributed by atoms with Crippen molar-refractivity contribution in [1.82, 2.24) is 0 Å². The molecule has 2 rings (SSSR count). The Morgan fingerprint density at radius 2 is 1.76 bits per heavy atom. The molecular weight excluding hydrogens is 204 g/mol. The minimum atomic E-state index is 0.238. The van der Waals surface area contributed by atoms with Gasteiger partial charge in [-0.05, 0) is 46.4 Å². The highest BCUT2D eigenvalue weighted by atomic mass is 14.3. The van der Waals surface area contributed by atoms with Gasteiger partial charge in [0.05, 0.1) is 0 Å². The second kappa shape index (κ2) is 3.73. The zero-order valence-corrected chi connectivity index (χ0v) is 12.0. The smallest absolute Gasteiger partial charge is 0.0128 e. The Kier molecular flexibility index (Phi) is 2.72. The maximum absolute atomic E-state index is 2.42. The van der Waals surface area contributed by atoms with Gasteiger partial charge in [0.25, 0.3) is 0 Å². The molecule has 0 N–H and O–H groups in total. The summed E-state index contributed by atoms with van der Waals surface area (Å²) >= 11 is 0. The van der Waals surface area contributed by atoms with E-state index < -0.39 is 0 Å². The lowest BCUT2D eigenvalue weighted by atomic mass is 9.74. The van der Waals surface area contributed by atoms with Crippen LogP contribution in [0.2, 0.25) is 0 Å². The number of hydrogen-bond donors (Lipinski definition) is 0. The van der Waals surface area contributed by atoms with Crippen molar-refractivity contribution in [3.63, 3.8) is 0 Å². The van der Waals surface area contributed by atoms with Crippen LogP contribution in [0, 0.1) is 5.41 Å². The first-order chi connectivity index (χ1) is 7.69.